The summed E-state index contributed by atoms with van der Waals surface area (Å²) in [6, 6.07) is 0.317. The van der Waals surface area contributed by atoms with Crippen LogP contribution in [0.2, 0.25) is 0 Å². The summed E-state index contributed by atoms with van der Waals surface area (Å²) in [7, 11) is 1.92. The summed E-state index contributed by atoms with van der Waals surface area (Å²) in [5.41, 5.74) is 0.112. The molecule has 1 aromatic rings. The molecule has 1 N–H and O–H groups in total. The van der Waals surface area contributed by atoms with Crippen molar-refractivity contribution in [2.75, 3.05) is 25.2 Å². The van der Waals surface area contributed by atoms with Gasteiger partial charge in [0.1, 0.15) is 0 Å². The van der Waals surface area contributed by atoms with Gasteiger partial charge in [0.15, 0.2) is 10.8 Å². The molecule has 1 fully saturated rings. The van der Waals surface area contributed by atoms with Crippen LogP contribution in [-0.4, -0.2) is 42.4 Å². The van der Waals surface area contributed by atoms with Crippen molar-refractivity contribution in [3.63, 3.8) is 0 Å². The monoisotopic (exact) mass is 228 g/mol. The molecule has 0 spiro atoms. The first-order valence-electron chi connectivity index (χ1n) is 4.68. The fourth-order valence-corrected chi connectivity index (χ4v) is 2.35. The smallest absolute Gasteiger partial charge is 0.355 e. The Morgan fingerprint density at radius 1 is 1.80 bits per heavy atom. The minimum Gasteiger partial charge on any atom is -0.476 e. The van der Waals surface area contributed by atoms with Gasteiger partial charge in [-0.1, -0.05) is 0 Å². The maximum atomic E-state index is 10.7. The minimum absolute atomic E-state index is 0.112. The Kier molecular flexibility index (Phi) is 2.88. The first-order valence-corrected chi connectivity index (χ1v) is 5.56. The topological polar surface area (TPSA) is 62.7 Å². The van der Waals surface area contributed by atoms with Gasteiger partial charge in [-0.05, 0) is 6.42 Å². The highest BCUT2D eigenvalue weighted by atomic mass is 32.1. The average Bonchev–Trinajstić information content (AvgIpc) is 2.88. The molecular formula is C9H12N2O3S. The molecule has 0 aliphatic carbocycles. The van der Waals surface area contributed by atoms with E-state index < -0.39 is 5.97 Å². The van der Waals surface area contributed by atoms with Gasteiger partial charge in [0, 0.05) is 19.0 Å². The number of anilines is 1. The Morgan fingerprint density at radius 3 is 3.13 bits per heavy atom. The number of ether oxygens (including phenoxy) is 1. The SMILES string of the molecule is CN(c1nc(C(=O)O)cs1)C1CCOC1. The molecule has 0 radical (unpaired) electrons. The first-order chi connectivity index (χ1) is 7.18. The van der Waals surface area contributed by atoms with E-state index in [1.165, 1.54) is 11.3 Å². The molecule has 1 atom stereocenters. The van der Waals surface area contributed by atoms with Gasteiger partial charge in [-0.25, -0.2) is 9.78 Å². The van der Waals surface area contributed by atoms with E-state index in [1.54, 1.807) is 5.38 Å². The number of rotatable bonds is 3. The van der Waals surface area contributed by atoms with Gasteiger partial charge in [-0.3, -0.25) is 0 Å². The van der Waals surface area contributed by atoms with E-state index in [1.807, 2.05) is 11.9 Å². The van der Waals surface area contributed by atoms with E-state index in [0.717, 1.165) is 18.2 Å². The molecule has 2 heterocycles. The average molecular weight is 228 g/mol. The van der Waals surface area contributed by atoms with Crippen molar-refractivity contribution in [1.29, 1.82) is 0 Å². The van der Waals surface area contributed by atoms with Gasteiger partial charge in [0.2, 0.25) is 0 Å². The highest BCUT2D eigenvalue weighted by molar-refractivity contribution is 7.13. The third-order valence-electron chi connectivity index (χ3n) is 2.47. The van der Waals surface area contributed by atoms with Crippen molar-refractivity contribution in [3.05, 3.63) is 11.1 Å². The molecule has 0 aromatic carbocycles. The Labute approximate surface area is 91.3 Å². The van der Waals surface area contributed by atoms with E-state index in [2.05, 4.69) is 4.98 Å². The molecule has 1 saturated heterocycles. The van der Waals surface area contributed by atoms with Gasteiger partial charge in [0.25, 0.3) is 0 Å². The standard InChI is InChI=1S/C9H12N2O3S/c1-11(6-2-3-14-4-6)9-10-7(5-15-9)8(12)13/h5-6H,2-4H2,1H3,(H,12,13). The third kappa shape index (κ3) is 2.10. The van der Waals surface area contributed by atoms with Gasteiger partial charge < -0.3 is 14.7 Å². The van der Waals surface area contributed by atoms with E-state index in [-0.39, 0.29) is 5.69 Å². The van der Waals surface area contributed by atoms with Crippen LogP contribution in [0.25, 0.3) is 0 Å². The molecule has 0 bridgehead atoms. The van der Waals surface area contributed by atoms with Crippen LogP contribution in [0, 0.1) is 0 Å². The summed E-state index contributed by atoms with van der Waals surface area (Å²) in [6.07, 6.45) is 0.971. The molecule has 0 saturated carbocycles. The lowest BCUT2D eigenvalue weighted by Gasteiger charge is -2.21. The summed E-state index contributed by atoms with van der Waals surface area (Å²) < 4.78 is 5.27. The molecule has 1 aliphatic heterocycles. The number of thiazole rings is 1. The molecule has 6 heteroatoms. The maximum absolute atomic E-state index is 10.7. The summed E-state index contributed by atoms with van der Waals surface area (Å²) in [4.78, 5) is 16.7. The summed E-state index contributed by atoms with van der Waals surface area (Å²) in [5.74, 6) is -0.978. The van der Waals surface area contributed by atoms with Crippen molar-refractivity contribution < 1.29 is 14.6 Å². The number of nitrogens with zero attached hydrogens (tertiary/aromatic N) is 2. The molecule has 2 rings (SSSR count). The normalized spacial score (nSPS) is 20.5. The predicted octanol–water partition coefficient (Wildman–Crippen LogP) is 1.07. The second-order valence-corrected chi connectivity index (χ2v) is 4.29. The van der Waals surface area contributed by atoms with Crippen molar-refractivity contribution in [2.45, 2.75) is 12.5 Å². The highest BCUT2D eigenvalue weighted by Crippen LogP contribution is 2.23. The number of aromatic carboxylic acids is 1. The zero-order valence-corrected chi connectivity index (χ0v) is 9.16. The zero-order valence-electron chi connectivity index (χ0n) is 8.34. The lowest BCUT2D eigenvalue weighted by atomic mass is 10.2. The number of carboxylic acid groups (broad SMARTS) is 1. The van der Waals surface area contributed by atoms with Gasteiger partial charge in [0.05, 0.1) is 12.6 Å². The molecular weight excluding hydrogens is 216 g/mol. The van der Waals surface area contributed by atoms with Gasteiger partial charge in [-0.2, -0.15) is 0 Å². The van der Waals surface area contributed by atoms with Crippen molar-refractivity contribution in [1.82, 2.24) is 4.98 Å². The van der Waals surface area contributed by atoms with E-state index in [0.29, 0.717) is 12.6 Å². The summed E-state index contributed by atoms with van der Waals surface area (Å²) in [6.45, 7) is 1.46. The van der Waals surface area contributed by atoms with Crippen molar-refractivity contribution in [3.8, 4) is 0 Å². The van der Waals surface area contributed by atoms with Crippen LogP contribution in [0.15, 0.2) is 5.38 Å². The molecule has 5 nitrogen and oxygen atoms in total. The van der Waals surface area contributed by atoms with Crippen molar-refractivity contribution >= 4 is 22.4 Å². The van der Waals surface area contributed by atoms with Crippen LogP contribution < -0.4 is 4.90 Å². The predicted molar refractivity (Wildman–Crippen MR) is 56.7 cm³/mol. The quantitative estimate of drug-likeness (QED) is 0.838. The van der Waals surface area contributed by atoms with Crippen LogP contribution in [-0.2, 0) is 4.74 Å². The third-order valence-corrected chi connectivity index (χ3v) is 3.40. The molecule has 1 aromatic heterocycles. The number of hydrogen-bond acceptors (Lipinski definition) is 5. The Balaban J connectivity index is 2.10. The molecule has 1 aliphatic rings. The highest BCUT2D eigenvalue weighted by Gasteiger charge is 2.23. The number of carboxylic acids is 1. The van der Waals surface area contributed by atoms with E-state index in [9.17, 15) is 4.79 Å². The number of likely N-dealkylation sites (N-methyl/N-ethyl adjacent to an activating group) is 1. The van der Waals surface area contributed by atoms with Crippen LogP contribution in [0.4, 0.5) is 5.13 Å². The van der Waals surface area contributed by atoms with Crippen LogP contribution in [0.1, 0.15) is 16.9 Å². The Hall–Kier alpha value is -1.14. The van der Waals surface area contributed by atoms with E-state index >= 15 is 0 Å². The molecule has 1 unspecified atom stereocenters. The van der Waals surface area contributed by atoms with Crippen LogP contribution >= 0.6 is 11.3 Å². The van der Waals surface area contributed by atoms with Crippen LogP contribution in [0.5, 0.6) is 0 Å². The lowest BCUT2D eigenvalue weighted by Crippen LogP contribution is -2.31. The fraction of sp³-hybridized carbons (Fsp3) is 0.556. The Bertz CT molecular complexity index is 360. The lowest BCUT2D eigenvalue weighted by molar-refractivity contribution is 0.0691. The number of carbonyl (C=O) groups is 1. The Morgan fingerprint density at radius 2 is 2.60 bits per heavy atom. The molecule has 15 heavy (non-hydrogen) atoms. The fourth-order valence-electron chi connectivity index (χ4n) is 1.51. The largest absolute Gasteiger partial charge is 0.476 e. The molecule has 0 amide bonds. The maximum Gasteiger partial charge on any atom is 0.355 e. The van der Waals surface area contributed by atoms with Crippen molar-refractivity contribution in [2.24, 2.45) is 0 Å². The van der Waals surface area contributed by atoms with Gasteiger partial charge in [-0.15, -0.1) is 11.3 Å². The summed E-state index contributed by atoms with van der Waals surface area (Å²) in [5, 5.41) is 11.0. The minimum atomic E-state index is -0.978. The van der Waals surface area contributed by atoms with Crippen LogP contribution in [0.3, 0.4) is 0 Å². The van der Waals surface area contributed by atoms with Gasteiger partial charge >= 0.3 is 5.97 Å². The first kappa shape index (κ1) is 10.4. The summed E-state index contributed by atoms with van der Waals surface area (Å²) >= 11 is 1.35. The molecule has 82 valence electrons. The zero-order chi connectivity index (χ0) is 10.8. The second-order valence-electron chi connectivity index (χ2n) is 3.45. The van der Waals surface area contributed by atoms with E-state index in [4.69, 9.17) is 9.84 Å². The number of hydrogen-bond donors (Lipinski definition) is 1. The number of aromatic nitrogens is 1. The second kappa shape index (κ2) is 4.16.